The molecule has 0 radical (unpaired) electrons. The van der Waals surface area contributed by atoms with Crippen molar-refractivity contribution in [1.29, 1.82) is 0 Å². The molecule has 1 aromatic heterocycles. The molecule has 9 nitrogen and oxygen atoms in total. The average Bonchev–Trinajstić information content (AvgIpc) is 3.11. The summed E-state index contributed by atoms with van der Waals surface area (Å²) >= 11 is 1.08. The first kappa shape index (κ1) is 19.0. The van der Waals surface area contributed by atoms with Crippen molar-refractivity contribution in [1.82, 2.24) is 15.6 Å². The zero-order chi connectivity index (χ0) is 19.9. The van der Waals surface area contributed by atoms with E-state index in [2.05, 4.69) is 26.0 Å². The normalized spacial score (nSPS) is 10.7. The molecule has 1 heterocycles. The second-order valence-corrected chi connectivity index (χ2v) is 6.60. The summed E-state index contributed by atoms with van der Waals surface area (Å²) < 4.78 is 0. The van der Waals surface area contributed by atoms with E-state index in [0.29, 0.717) is 16.1 Å². The molecule has 0 aliphatic rings. The molecule has 10 heteroatoms. The Morgan fingerprint density at radius 1 is 1.11 bits per heavy atom. The van der Waals surface area contributed by atoms with Gasteiger partial charge in [-0.15, -0.1) is 10.2 Å². The van der Waals surface area contributed by atoms with Gasteiger partial charge in [-0.1, -0.05) is 29.5 Å². The topological polar surface area (TPSA) is 137 Å². The van der Waals surface area contributed by atoms with E-state index in [-0.39, 0.29) is 29.0 Å². The van der Waals surface area contributed by atoms with Crippen molar-refractivity contribution >= 4 is 34.5 Å². The van der Waals surface area contributed by atoms with Gasteiger partial charge in [-0.3, -0.25) is 14.9 Å². The Kier molecular flexibility index (Phi) is 5.92. The minimum Gasteiger partial charge on any atom is -0.508 e. The number of carbonyl (C=O) groups is 2. The molecule has 0 saturated heterocycles. The van der Waals surface area contributed by atoms with Gasteiger partial charge in [-0.05, 0) is 24.3 Å². The molecule has 3 aromatic rings. The largest absolute Gasteiger partial charge is 0.508 e. The van der Waals surface area contributed by atoms with Crippen LogP contribution in [-0.2, 0) is 11.2 Å². The summed E-state index contributed by atoms with van der Waals surface area (Å²) in [5.74, 6) is -0.997. The van der Waals surface area contributed by atoms with E-state index in [0.717, 1.165) is 17.4 Å². The van der Waals surface area contributed by atoms with Crippen LogP contribution in [0.25, 0.3) is 0 Å². The summed E-state index contributed by atoms with van der Waals surface area (Å²) in [7, 11) is 0. The molecule has 0 aliphatic heterocycles. The Balaban J connectivity index is 1.52. The third-order valence-corrected chi connectivity index (χ3v) is 4.28. The molecular formula is C18H15N5O4S. The first-order valence-electron chi connectivity index (χ1n) is 8.04. The van der Waals surface area contributed by atoms with Crippen molar-refractivity contribution in [2.75, 3.05) is 5.32 Å². The fraction of sp³-hybridized carbons (Fsp3) is 0.0556. The molecule has 142 valence electrons. The molecule has 0 aliphatic carbocycles. The van der Waals surface area contributed by atoms with E-state index < -0.39 is 5.91 Å². The van der Waals surface area contributed by atoms with Gasteiger partial charge in [0.15, 0.2) is 0 Å². The zero-order valence-corrected chi connectivity index (χ0v) is 15.2. The summed E-state index contributed by atoms with van der Waals surface area (Å²) in [6.07, 6.45) is 1.18. The number of aromatic hydroxyl groups is 2. The standard InChI is InChI=1S/C18H15N5O4S/c24-13-7-6-12(14(25)8-13)10-19-21-15(26)9-16-22-23-18(28-16)20-17(27)11-4-2-1-3-5-11/h1-8,10,24-25H,9H2,(H,21,26)(H,20,23,27). The highest BCUT2D eigenvalue weighted by molar-refractivity contribution is 7.15. The van der Waals surface area contributed by atoms with Crippen molar-refractivity contribution in [2.45, 2.75) is 6.42 Å². The summed E-state index contributed by atoms with van der Waals surface area (Å²) in [5.41, 5.74) is 3.13. The van der Waals surface area contributed by atoms with E-state index in [4.69, 9.17) is 0 Å². The van der Waals surface area contributed by atoms with Crippen LogP contribution in [0.4, 0.5) is 5.13 Å². The lowest BCUT2D eigenvalue weighted by Crippen LogP contribution is -2.19. The molecular weight excluding hydrogens is 382 g/mol. The average molecular weight is 397 g/mol. The number of nitrogens with zero attached hydrogens (tertiary/aromatic N) is 3. The Bertz CT molecular complexity index is 1020. The zero-order valence-electron chi connectivity index (χ0n) is 14.4. The summed E-state index contributed by atoms with van der Waals surface area (Å²) in [6, 6.07) is 12.7. The molecule has 0 bridgehead atoms. The molecule has 28 heavy (non-hydrogen) atoms. The molecule has 4 N–H and O–H groups in total. The molecule has 0 spiro atoms. The Morgan fingerprint density at radius 3 is 2.64 bits per heavy atom. The molecule has 0 unspecified atom stereocenters. The van der Waals surface area contributed by atoms with Crippen LogP contribution in [0.3, 0.4) is 0 Å². The second-order valence-electron chi connectivity index (χ2n) is 5.53. The van der Waals surface area contributed by atoms with E-state index in [1.807, 2.05) is 6.07 Å². The first-order chi connectivity index (χ1) is 13.5. The second kappa shape index (κ2) is 8.73. The lowest BCUT2D eigenvalue weighted by atomic mass is 10.2. The monoisotopic (exact) mass is 397 g/mol. The predicted molar refractivity (Wildman–Crippen MR) is 104 cm³/mol. The molecule has 0 fully saturated rings. The number of hydrogen-bond donors (Lipinski definition) is 4. The molecule has 2 aromatic carbocycles. The summed E-state index contributed by atoms with van der Waals surface area (Å²) in [4.78, 5) is 24.0. The smallest absolute Gasteiger partial charge is 0.257 e. The quantitative estimate of drug-likeness (QED) is 0.370. The number of rotatable bonds is 6. The lowest BCUT2D eigenvalue weighted by Gasteiger charge is -2.00. The van der Waals surface area contributed by atoms with Gasteiger partial charge in [0.05, 0.1) is 12.6 Å². The van der Waals surface area contributed by atoms with E-state index in [1.165, 1.54) is 18.3 Å². The fourth-order valence-electron chi connectivity index (χ4n) is 2.13. The van der Waals surface area contributed by atoms with Gasteiger partial charge in [0, 0.05) is 17.2 Å². The minimum atomic E-state index is -0.438. The molecule has 0 saturated carbocycles. The highest BCUT2D eigenvalue weighted by atomic mass is 32.1. The van der Waals surface area contributed by atoms with Crippen molar-refractivity contribution in [2.24, 2.45) is 5.10 Å². The van der Waals surface area contributed by atoms with Gasteiger partial charge in [-0.25, -0.2) is 5.43 Å². The van der Waals surface area contributed by atoms with Crippen molar-refractivity contribution < 1.29 is 19.8 Å². The van der Waals surface area contributed by atoms with Crippen LogP contribution in [0.5, 0.6) is 11.5 Å². The van der Waals surface area contributed by atoms with Gasteiger partial charge in [0.2, 0.25) is 11.0 Å². The number of amides is 2. The molecule has 0 atom stereocenters. The fourth-order valence-corrected chi connectivity index (χ4v) is 2.86. The molecule has 2 amide bonds. The number of anilines is 1. The van der Waals surface area contributed by atoms with E-state index in [9.17, 15) is 19.8 Å². The van der Waals surface area contributed by atoms with Crippen LogP contribution in [0.1, 0.15) is 20.9 Å². The van der Waals surface area contributed by atoms with Crippen LogP contribution >= 0.6 is 11.3 Å². The third-order valence-electron chi connectivity index (χ3n) is 3.44. The SMILES string of the molecule is O=C(Cc1nnc(NC(=O)c2ccccc2)s1)NN=Cc1ccc(O)cc1O. The number of hydrogen-bond acceptors (Lipinski definition) is 8. The van der Waals surface area contributed by atoms with Gasteiger partial charge in [0.25, 0.3) is 5.91 Å². The van der Waals surface area contributed by atoms with Gasteiger partial charge in [0.1, 0.15) is 16.5 Å². The number of phenolic OH excluding ortho intramolecular Hbond substituents is 2. The van der Waals surface area contributed by atoms with E-state index in [1.54, 1.807) is 24.3 Å². The third kappa shape index (κ3) is 5.11. The van der Waals surface area contributed by atoms with Crippen LogP contribution in [0.15, 0.2) is 53.6 Å². The summed E-state index contributed by atoms with van der Waals surface area (Å²) in [6.45, 7) is 0. The van der Waals surface area contributed by atoms with Gasteiger partial charge < -0.3 is 10.2 Å². The van der Waals surface area contributed by atoms with E-state index >= 15 is 0 Å². The van der Waals surface area contributed by atoms with Crippen LogP contribution in [0.2, 0.25) is 0 Å². The maximum atomic E-state index is 12.1. The lowest BCUT2D eigenvalue weighted by molar-refractivity contribution is -0.120. The minimum absolute atomic E-state index is 0.0717. The Hall–Kier alpha value is -3.79. The number of nitrogens with one attached hydrogen (secondary N) is 2. The Morgan fingerprint density at radius 2 is 1.89 bits per heavy atom. The molecule has 3 rings (SSSR count). The first-order valence-corrected chi connectivity index (χ1v) is 8.85. The van der Waals surface area contributed by atoms with Gasteiger partial charge in [-0.2, -0.15) is 5.10 Å². The number of hydrazone groups is 1. The summed E-state index contributed by atoms with van der Waals surface area (Å²) in [5, 5.41) is 33.6. The van der Waals surface area contributed by atoms with Crippen LogP contribution < -0.4 is 10.7 Å². The maximum Gasteiger partial charge on any atom is 0.257 e. The van der Waals surface area contributed by atoms with Crippen molar-refractivity contribution in [3.63, 3.8) is 0 Å². The number of carbonyl (C=O) groups excluding carboxylic acids is 2. The number of phenols is 2. The predicted octanol–water partition coefficient (Wildman–Crippen LogP) is 1.89. The highest BCUT2D eigenvalue weighted by Gasteiger charge is 2.12. The van der Waals surface area contributed by atoms with Gasteiger partial charge >= 0.3 is 0 Å². The van der Waals surface area contributed by atoms with Crippen LogP contribution in [0, 0.1) is 0 Å². The van der Waals surface area contributed by atoms with Crippen LogP contribution in [-0.4, -0.2) is 38.4 Å². The highest BCUT2D eigenvalue weighted by Crippen LogP contribution is 2.20. The maximum absolute atomic E-state index is 12.1. The Labute approximate surface area is 163 Å². The number of aromatic nitrogens is 2. The van der Waals surface area contributed by atoms with Crippen molar-refractivity contribution in [3.8, 4) is 11.5 Å². The van der Waals surface area contributed by atoms with Crippen molar-refractivity contribution in [3.05, 3.63) is 64.7 Å². The number of benzene rings is 2.